The van der Waals surface area contributed by atoms with Crippen LogP contribution in [0.1, 0.15) is 50.6 Å². The topological polar surface area (TPSA) is 44.5 Å². The van der Waals surface area contributed by atoms with Crippen molar-refractivity contribution in [2.24, 2.45) is 11.1 Å². The molecule has 3 nitrogen and oxygen atoms in total. The summed E-state index contributed by atoms with van der Waals surface area (Å²) in [4.78, 5) is 0. The first-order valence-electron chi connectivity index (χ1n) is 7.19. The largest absolute Gasteiger partial charge is 0.495 e. The SMILES string of the molecule is COc1ccc(C(N)C2(C)CCCCC2)c(OC)c1Cl. The third-order valence-corrected chi connectivity index (χ3v) is 4.96. The summed E-state index contributed by atoms with van der Waals surface area (Å²) in [6, 6.07) is 3.78. The van der Waals surface area contributed by atoms with Gasteiger partial charge in [0.25, 0.3) is 0 Å². The molecule has 1 atom stereocenters. The molecule has 0 aromatic heterocycles. The highest BCUT2D eigenvalue weighted by atomic mass is 35.5. The molecule has 2 N–H and O–H groups in total. The Labute approximate surface area is 126 Å². The molecule has 0 heterocycles. The average Bonchev–Trinajstić information content (AvgIpc) is 2.47. The fourth-order valence-corrected chi connectivity index (χ4v) is 3.54. The van der Waals surface area contributed by atoms with Gasteiger partial charge in [0.2, 0.25) is 0 Å². The van der Waals surface area contributed by atoms with Crippen molar-refractivity contribution in [2.75, 3.05) is 14.2 Å². The van der Waals surface area contributed by atoms with E-state index in [0.717, 1.165) is 18.4 Å². The van der Waals surface area contributed by atoms with E-state index in [1.54, 1.807) is 14.2 Å². The molecule has 20 heavy (non-hydrogen) atoms. The molecule has 0 radical (unpaired) electrons. The number of halogens is 1. The van der Waals surface area contributed by atoms with E-state index in [1.165, 1.54) is 19.3 Å². The van der Waals surface area contributed by atoms with Crippen molar-refractivity contribution < 1.29 is 9.47 Å². The Bertz CT molecular complexity index is 470. The number of ether oxygens (including phenoxy) is 2. The molecule has 0 saturated heterocycles. The Morgan fingerprint density at radius 1 is 1.15 bits per heavy atom. The average molecular weight is 298 g/mol. The van der Waals surface area contributed by atoms with Gasteiger partial charge in [-0.15, -0.1) is 0 Å². The van der Waals surface area contributed by atoms with Crippen LogP contribution in [0.2, 0.25) is 5.02 Å². The number of benzene rings is 1. The van der Waals surface area contributed by atoms with Crippen LogP contribution < -0.4 is 15.2 Å². The van der Waals surface area contributed by atoms with Gasteiger partial charge in [-0.1, -0.05) is 37.8 Å². The maximum atomic E-state index is 6.56. The molecule has 1 aromatic carbocycles. The second-order valence-electron chi connectivity index (χ2n) is 5.90. The van der Waals surface area contributed by atoms with Gasteiger partial charge in [0.05, 0.1) is 14.2 Å². The third kappa shape index (κ3) is 2.75. The standard InChI is InChI=1S/C16H24ClNO2/c1-16(9-5-4-6-10-16)15(18)11-7-8-12(19-2)13(17)14(11)20-3/h7-8,15H,4-6,9-10,18H2,1-3H3. The summed E-state index contributed by atoms with van der Waals surface area (Å²) in [5, 5.41) is 0.502. The first-order chi connectivity index (χ1) is 9.53. The first-order valence-corrected chi connectivity index (χ1v) is 7.57. The smallest absolute Gasteiger partial charge is 0.146 e. The zero-order valence-electron chi connectivity index (χ0n) is 12.5. The number of hydrogen-bond donors (Lipinski definition) is 1. The summed E-state index contributed by atoms with van der Waals surface area (Å²) in [6.07, 6.45) is 6.11. The van der Waals surface area contributed by atoms with Crippen molar-refractivity contribution in [3.8, 4) is 11.5 Å². The van der Waals surface area contributed by atoms with Crippen LogP contribution in [0.4, 0.5) is 0 Å². The Balaban J connectivity index is 2.38. The van der Waals surface area contributed by atoms with Gasteiger partial charge in [0, 0.05) is 11.6 Å². The van der Waals surface area contributed by atoms with Gasteiger partial charge in [0.1, 0.15) is 16.5 Å². The molecule has 1 aliphatic carbocycles. The van der Waals surface area contributed by atoms with Gasteiger partial charge in [-0.2, -0.15) is 0 Å². The zero-order chi connectivity index (χ0) is 14.8. The molecule has 1 aromatic rings. The maximum absolute atomic E-state index is 6.56. The minimum atomic E-state index is -0.0684. The monoisotopic (exact) mass is 297 g/mol. The Morgan fingerprint density at radius 3 is 2.35 bits per heavy atom. The van der Waals surface area contributed by atoms with Crippen molar-refractivity contribution in [3.63, 3.8) is 0 Å². The highest BCUT2D eigenvalue weighted by Crippen LogP contribution is 2.48. The lowest BCUT2D eigenvalue weighted by molar-refractivity contribution is 0.168. The van der Waals surface area contributed by atoms with E-state index in [0.29, 0.717) is 16.5 Å². The molecule has 0 spiro atoms. The molecule has 1 fully saturated rings. The predicted molar refractivity (Wildman–Crippen MR) is 82.7 cm³/mol. The van der Waals surface area contributed by atoms with Crippen molar-refractivity contribution in [3.05, 3.63) is 22.7 Å². The van der Waals surface area contributed by atoms with Gasteiger partial charge in [-0.25, -0.2) is 0 Å². The highest BCUT2D eigenvalue weighted by Gasteiger charge is 2.36. The van der Waals surface area contributed by atoms with Gasteiger partial charge in [-0.05, 0) is 30.4 Å². The lowest BCUT2D eigenvalue weighted by Crippen LogP contribution is -2.34. The van der Waals surface area contributed by atoms with Crippen LogP contribution in [-0.2, 0) is 0 Å². The van der Waals surface area contributed by atoms with Gasteiger partial charge in [-0.3, -0.25) is 0 Å². The van der Waals surface area contributed by atoms with Crippen molar-refractivity contribution in [1.82, 2.24) is 0 Å². The van der Waals surface area contributed by atoms with Crippen LogP contribution in [0.5, 0.6) is 11.5 Å². The zero-order valence-corrected chi connectivity index (χ0v) is 13.3. The lowest BCUT2D eigenvalue weighted by Gasteiger charge is -2.39. The van der Waals surface area contributed by atoms with E-state index in [1.807, 2.05) is 12.1 Å². The van der Waals surface area contributed by atoms with E-state index in [2.05, 4.69) is 6.92 Å². The molecule has 2 rings (SSSR count). The van der Waals surface area contributed by atoms with E-state index >= 15 is 0 Å². The quantitative estimate of drug-likeness (QED) is 0.900. The molecular formula is C16H24ClNO2. The Morgan fingerprint density at radius 2 is 1.80 bits per heavy atom. The summed E-state index contributed by atoms with van der Waals surface area (Å²) in [7, 11) is 3.22. The number of nitrogens with two attached hydrogens (primary N) is 1. The summed E-state index contributed by atoms with van der Waals surface area (Å²) >= 11 is 6.34. The van der Waals surface area contributed by atoms with Crippen LogP contribution in [0.25, 0.3) is 0 Å². The van der Waals surface area contributed by atoms with Crippen LogP contribution in [-0.4, -0.2) is 14.2 Å². The van der Waals surface area contributed by atoms with E-state index in [-0.39, 0.29) is 11.5 Å². The van der Waals surface area contributed by atoms with Crippen molar-refractivity contribution >= 4 is 11.6 Å². The van der Waals surface area contributed by atoms with Crippen LogP contribution in [0, 0.1) is 5.41 Å². The Kier molecular flexibility index (Phi) is 4.82. The number of hydrogen-bond acceptors (Lipinski definition) is 3. The molecule has 4 heteroatoms. The fourth-order valence-electron chi connectivity index (χ4n) is 3.21. The molecule has 0 bridgehead atoms. The van der Waals surface area contributed by atoms with Crippen LogP contribution >= 0.6 is 11.6 Å². The summed E-state index contributed by atoms with van der Waals surface area (Å²) < 4.78 is 10.7. The van der Waals surface area contributed by atoms with E-state index in [9.17, 15) is 0 Å². The highest BCUT2D eigenvalue weighted by molar-refractivity contribution is 6.33. The molecular weight excluding hydrogens is 274 g/mol. The van der Waals surface area contributed by atoms with Crippen molar-refractivity contribution in [1.29, 1.82) is 0 Å². The maximum Gasteiger partial charge on any atom is 0.146 e. The third-order valence-electron chi connectivity index (χ3n) is 4.60. The summed E-state index contributed by atoms with van der Waals surface area (Å²) in [5.74, 6) is 1.26. The second kappa shape index (κ2) is 6.23. The molecule has 112 valence electrons. The van der Waals surface area contributed by atoms with Gasteiger partial charge >= 0.3 is 0 Å². The molecule has 0 aliphatic heterocycles. The number of rotatable bonds is 4. The summed E-state index contributed by atoms with van der Waals surface area (Å²) in [5.41, 5.74) is 7.65. The van der Waals surface area contributed by atoms with Gasteiger partial charge < -0.3 is 15.2 Å². The van der Waals surface area contributed by atoms with E-state index in [4.69, 9.17) is 26.8 Å². The minimum absolute atomic E-state index is 0.0684. The normalized spacial score (nSPS) is 19.4. The first kappa shape index (κ1) is 15.5. The summed E-state index contributed by atoms with van der Waals surface area (Å²) in [6.45, 7) is 2.27. The molecule has 1 saturated carbocycles. The number of methoxy groups -OCH3 is 2. The predicted octanol–water partition coefficient (Wildman–Crippen LogP) is 4.33. The molecule has 1 aliphatic rings. The minimum Gasteiger partial charge on any atom is -0.495 e. The molecule has 1 unspecified atom stereocenters. The molecule has 0 amide bonds. The van der Waals surface area contributed by atoms with Crippen molar-refractivity contribution in [2.45, 2.75) is 45.1 Å². The lowest BCUT2D eigenvalue weighted by atomic mass is 9.69. The Hall–Kier alpha value is -0.930. The van der Waals surface area contributed by atoms with Gasteiger partial charge in [0.15, 0.2) is 0 Å². The fraction of sp³-hybridized carbons (Fsp3) is 0.625. The second-order valence-corrected chi connectivity index (χ2v) is 6.27. The van der Waals surface area contributed by atoms with Crippen LogP contribution in [0.3, 0.4) is 0 Å². The van der Waals surface area contributed by atoms with Crippen LogP contribution in [0.15, 0.2) is 12.1 Å². The van der Waals surface area contributed by atoms with E-state index < -0.39 is 0 Å².